The van der Waals surface area contributed by atoms with Gasteiger partial charge in [0.2, 0.25) is 17.6 Å². The molecule has 0 atom stereocenters. The average Bonchev–Trinajstić information content (AvgIpc) is 3.52. The number of piperidine rings is 1. The summed E-state index contributed by atoms with van der Waals surface area (Å²) in [5.41, 5.74) is 3.02. The number of para-hydroxylation sites is 1. The number of nitrogens with one attached hydrogen (secondary N) is 1. The molecular weight excluding hydrogens is 508 g/mol. The van der Waals surface area contributed by atoms with Gasteiger partial charge in [0.25, 0.3) is 0 Å². The molecule has 1 saturated heterocycles. The maximum absolute atomic E-state index is 12.9. The zero-order valence-corrected chi connectivity index (χ0v) is 21.1. The second-order valence-corrected chi connectivity index (χ2v) is 9.68. The molecule has 0 radical (unpaired) electrons. The van der Waals surface area contributed by atoms with E-state index in [1.54, 1.807) is 6.20 Å². The molecule has 0 aliphatic carbocycles. The summed E-state index contributed by atoms with van der Waals surface area (Å²) in [6.45, 7) is 4.69. The third kappa shape index (κ3) is 5.52. The van der Waals surface area contributed by atoms with Crippen LogP contribution in [0, 0.1) is 12.8 Å². The fourth-order valence-corrected chi connectivity index (χ4v) is 4.86. The molecule has 1 aliphatic heterocycles. The van der Waals surface area contributed by atoms with E-state index in [1.165, 1.54) is 0 Å². The summed E-state index contributed by atoms with van der Waals surface area (Å²) in [4.78, 5) is 24.0. The molecule has 2 aromatic carbocycles. The molecule has 1 N–H and O–H groups in total. The normalized spacial score (nSPS) is 14.8. The Bertz CT molecular complexity index is 1310. The van der Waals surface area contributed by atoms with E-state index in [0.29, 0.717) is 24.8 Å². The lowest BCUT2D eigenvalue weighted by molar-refractivity contribution is -0.126. The lowest BCUT2D eigenvalue weighted by atomic mass is 9.96. The van der Waals surface area contributed by atoms with Crippen LogP contribution in [0.3, 0.4) is 0 Å². The maximum Gasteiger partial charge on any atom is 0.241 e. The first-order valence-corrected chi connectivity index (χ1v) is 12.5. The van der Waals surface area contributed by atoms with Crippen molar-refractivity contribution >= 4 is 21.8 Å². The smallest absolute Gasteiger partial charge is 0.241 e. The number of imidazole rings is 1. The molecule has 0 saturated carbocycles. The van der Waals surface area contributed by atoms with Gasteiger partial charge >= 0.3 is 0 Å². The van der Waals surface area contributed by atoms with Gasteiger partial charge in [-0.3, -0.25) is 9.69 Å². The largest absolute Gasteiger partial charge is 0.352 e. The molecular formula is C26H27BrN6O2. The van der Waals surface area contributed by atoms with Gasteiger partial charge in [-0.1, -0.05) is 51.4 Å². The van der Waals surface area contributed by atoms with Crippen molar-refractivity contribution in [3.8, 4) is 17.1 Å². The molecule has 35 heavy (non-hydrogen) atoms. The lowest BCUT2D eigenvalue weighted by Gasteiger charge is -2.30. The van der Waals surface area contributed by atoms with Crippen molar-refractivity contribution in [3.63, 3.8) is 0 Å². The number of carbonyl (C=O) groups is 1. The third-order valence-corrected chi connectivity index (χ3v) is 6.89. The van der Waals surface area contributed by atoms with E-state index in [4.69, 9.17) is 4.52 Å². The topological polar surface area (TPSA) is 89.1 Å². The number of aryl methyl sites for hydroxylation is 1. The molecule has 9 heteroatoms. The summed E-state index contributed by atoms with van der Waals surface area (Å²) in [5, 5.41) is 7.26. The van der Waals surface area contributed by atoms with Crippen molar-refractivity contribution in [1.29, 1.82) is 0 Å². The molecule has 1 aliphatic rings. The third-order valence-electron chi connectivity index (χ3n) is 6.40. The van der Waals surface area contributed by atoms with Gasteiger partial charge in [0.05, 0.1) is 12.2 Å². The number of aromatic nitrogens is 4. The molecule has 5 rings (SSSR count). The molecule has 0 unspecified atom stereocenters. The minimum absolute atomic E-state index is 0.00769. The van der Waals surface area contributed by atoms with Gasteiger partial charge < -0.3 is 14.4 Å². The summed E-state index contributed by atoms with van der Waals surface area (Å²) >= 11 is 3.47. The van der Waals surface area contributed by atoms with Crippen molar-refractivity contribution in [2.24, 2.45) is 5.92 Å². The number of hydrogen-bond donors (Lipinski definition) is 1. The van der Waals surface area contributed by atoms with E-state index in [1.807, 2.05) is 66.2 Å². The van der Waals surface area contributed by atoms with Crippen LogP contribution in [-0.2, 0) is 17.9 Å². The number of hydrogen-bond acceptors (Lipinski definition) is 6. The van der Waals surface area contributed by atoms with Gasteiger partial charge in [-0.25, -0.2) is 4.98 Å². The predicted octanol–water partition coefficient (Wildman–Crippen LogP) is 4.52. The first kappa shape index (κ1) is 23.4. The Balaban J connectivity index is 1.13. The first-order valence-electron chi connectivity index (χ1n) is 11.7. The van der Waals surface area contributed by atoms with Crippen molar-refractivity contribution in [2.45, 2.75) is 32.9 Å². The maximum atomic E-state index is 12.9. The van der Waals surface area contributed by atoms with Crippen LogP contribution in [0.15, 0.2) is 69.9 Å². The van der Waals surface area contributed by atoms with Gasteiger partial charge in [-0.15, -0.1) is 0 Å². The minimum atomic E-state index is 0.00769. The Labute approximate surface area is 212 Å². The van der Waals surface area contributed by atoms with E-state index < -0.39 is 0 Å². The Morgan fingerprint density at radius 3 is 2.77 bits per heavy atom. The number of halogens is 1. The molecule has 8 nitrogen and oxygen atoms in total. The van der Waals surface area contributed by atoms with Gasteiger partial charge in [0.15, 0.2) is 0 Å². The minimum Gasteiger partial charge on any atom is -0.352 e. The molecule has 0 bridgehead atoms. The van der Waals surface area contributed by atoms with Gasteiger partial charge in [-0.2, -0.15) is 4.98 Å². The molecule has 180 valence electrons. The van der Waals surface area contributed by atoms with Crippen LogP contribution in [0.4, 0.5) is 0 Å². The van der Waals surface area contributed by atoms with Crippen molar-refractivity contribution in [2.75, 3.05) is 13.1 Å². The van der Waals surface area contributed by atoms with Crippen LogP contribution in [0.1, 0.15) is 30.1 Å². The molecule has 1 amide bonds. The standard InChI is InChI=1S/C26H27BrN6O2/c1-18-28-11-14-33(18)23-8-3-2-5-21(23)16-29-26(34)19-9-12-32(13-10-19)17-24-30-25(31-35-24)20-6-4-7-22(27)15-20/h2-8,11,14-15,19H,9-10,12-13,16-17H2,1H3,(H,29,34). The van der Waals surface area contributed by atoms with Crippen molar-refractivity contribution in [1.82, 2.24) is 29.9 Å². The highest BCUT2D eigenvalue weighted by molar-refractivity contribution is 9.10. The van der Waals surface area contributed by atoms with Gasteiger partial charge in [-0.05, 0) is 56.6 Å². The molecule has 2 aromatic heterocycles. The Kier molecular flexibility index (Phi) is 7.06. The lowest BCUT2D eigenvalue weighted by Crippen LogP contribution is -2.40. The SMILES string of the molecule is Cc1nccn1-c1ccccc1CNC(=O)C1CCN(Cc2nc(-c3cccc(Br)c3)no2)CC1. The number of amides is 1. The molecule has 1 fully saturated rings. The second kappa shape index (κ2) is 10.5. The Morgan fingerprint density at radius 1 is 1.17 bits per heavy atom. The van der Waals surface area contributed by atoms with Crippen LogP contribution in [0.5, 0.6) is 0 Å². The fraction of sp³-hybridized carbons (Fsp3) is 0.308. The highest BCUT2D eigenvalue weighted by Crippen LogP contribution is 2.23. The van der Waals surface area contributed by atoms with E-state index in [2.05, 4.69) is 41.3 Å². The van der Waals surface area contributed by atoms with E-state index in [0.717, 1.165) is 53.0 Å². The van der Waals surface area contributed by atoms with Gasteiger partial charge in [0.1, 0.15) is 5.82 Å². The first-order chi connectivity index (χ1) is 17.1. The van der Waals surface area contributed by atoms with E-state index in [-0.39, 0.29) is 11.8 Å². The van der Waals surface area contributed by atoms with E-state index >= 15 is 0 Å². The summed E-state index contributed by atoms with van der Waals surface area (Å²) in [6.07, 6.45) is 5.34. The van der Waals surface area contributed by atoms with Gasteiger partial charge in [0, 0.05) is 34.9 Å². The molecule has 3 heterocycles. The summed E-state index contributed by atoms with van der Waals surface area (Å²) in [7, 11) is 0. The second-order valence-electron chi connectivity index (χ2n) is 8.76. The number of rotatable bonds is 7. The van der Waals surface area contributed by atoms with Crippen molar-refractivity contribution in [3.05, 3.63) is 82.7 Å². The number of carbonyl (C=O) groups excluding carboxylic acids is 1. The summed E-state index contributed by atoms with van der Waals surface area (Å²) in [5.74, 6) is 2.21. The van der Waals surface area contributed by atoms with Crippen LogP contribution >= 0.6 is 15.9 Å². The Morgan fingerprint density at radius 2 is 2.00 bits per heavy atom. The molecule has 4 aromatic rings. The summed E-state index contributed by atoms with van der Waals surface area (Å²) < 4.78 is 8.49. The van der Waals surface area contributed by atoms with E-state index in [9.17, 15) is 4.79 Å². The van der Waals surface area contributed by atoms with Crippen LogP contribution in [0.25, 0.3) is 17.1 Å². The Hall–Kier alpha value is -3.30. The zero-order valence-electron chi connectivity index (χ0n) is 19.5. The monoisotopic (exact) mass is 534 g/mol. The highest BCUT2D eigenvalue weighted by Gasteiger charge is 2.26. The van der Waals surface area contributed by atoms with Crippen LogP contribution in [-0.4, -0.2) is 43.6 Å². The zero-order chi connectivity index (χ0) is 24.2. The summed E-state index contributed by atoms with van der Waals surface area (Å²) in [6, 6.07) is 15.9. The van der Waals surface area contributed by atoms with Crippen LogP contribution in [0.2, 0.25) is 0 Å². The fourth-order valence-electron chi connectivity index (χ4n) is 4.46. The molecule has 0 spiro atoms. The number of benzene rings is 2. The van der Waals surface area contributed by atoms with Crippen molar-refractivity contribution < 1.29 is 9.32 Å². The number of nitrogens with zero attached hydrogens (tertiary/aromatic N) is 5. The predicted molar refractivity (Wildman–Crippen MR) is 136 cm³/mol. The average molecular weight is 535 g/mol. The highest BCUT2D eigenvalue weighted by atomic mass is 79.9. The quantitative estimate of drug-likeness (QED) is 0.375. The van der Waals surface area contributed by atoms with Crippen LogP contribution < -0.4 is 5.32 Å². The number of likely N-dealkylation sites (tertiary alicyclic amines) is 1.